The van der Waals surface area contributed by atoms with Crippen molar-refractivity contribution < 1.29 is 59.3 Å². The van der Waals surface area contributed by atoms with Crippen molar-refractivity contribution in [2.45, 2.75) is 77.9 Å². The Bertz CT molecular complexity index is 2140. The summed E-state index contributed by atoms with van der Waals surface area (Å²) in [5.74, 6) is -4.41. The quantitative estimate of drug-likeness (QED) is 0.136. The van der Waals surface area contributed by atoms with Crippen molar-refractivity contribution >= 4 is 29.6 Å². The van der Waals surface area contributed by atoms with Crippen molar-refractivity contribution in [1.29, 1.82) is 0 Å². The normalized spacial score (nSPS) is 11.9. The van der Waals surface area contributed by atoms with E-state index in [4.69, 9.17) is 18.9 Å². The number of nitrogens with one attached hydrogen (secondary N) is 2. The monoisotopic (exact) mass is 864 g/mol. The van der Waals surface area contributed by atoms with E-state index in [2.05, 4.69) is 10.6 Å². The van der Waals surface area contributed by atoms with Gasteiger partial charge in [0.05, 0.1) is 11.4 Å². The van der Waals surface area contributed by atoms with Gasteiger partial charge in [0.2, 0.25) is 0 Å². The minimum Gasteiger partial charge on any atom is -0.455 e. The van der Waals surface area contributed by atoms with Crippen LogP contribution < -0.4 is 20.1 Å². The lowest BCUT2D eigenvalue weighted by atomic mass is 10.0. The third-order valence-electron chi connectivity index (χ3n) is 7.61. The molecule has 332 valence electrons. The minimum absolute atomic E-state index is 0.0471. The molecule has 0 saturated carbocycles. The third-order valence-corrected chi connectivity index (χ3v) is 7.61. The predicted molar refractivity (Wildman–Crippen MR) is 221 cm³/mol. The zero-order chi connectivity index (χ0) is 45.9. The summed E-state index contributed by atoms with van der Waals surface area (Å²) in [5, 5.41) is 5.16. The van der Waals surface area contributed by atoms with E-state index in [1.807, 2.05) is 19.0 Å². The second-order valence-electron chi connectivity index (χ2n) is 16.1. The van der Waals surface area contributed by atoms with Crippen molar-refractivity contribution in [2.24, 2.45) is 0 Å². The molecule has 0 spiro atoms. The van der Waals surface area contributed by atoms with E-state index in [9.17, 15) is 40.3 Å². The van der Waals surface area contributed by atoms with Crippen molar-refractivity contribution in [3.63, 3.8) is 0 Å². The van der Waals surface area contributed by atoms with Crippen LogP contribution in [0, 0.1) is 0 Å². The van der Waals surface area contributed by atoms with Gasteiger partial charge in [0.15, 0.2) is 11.5 Å². The molecule has 0 aliphatic rings. The largest absolute Gasteiger partial charge is 0.458 e. The van der Waals surface area contributed by atoms with Gasteiger partial charge < -0.3 is 28.7 Å². The first kappa shape index (κ1) is 49.6. The lowest BCUT2D eigenvalue weighted by Crippen LogP contribution is -2.33. The number of carbonyl (C=O) groups excluding carboxylic acids is 2. The topological polar surface area (TPSA) is 102 Å². The lowest BCUT2D eigenvalue weighted by molar-refractivity contribution is -0.289. The Morgan fingerprint density at radius 1 is 0.590 bits per heavy atom. The summed E-state index contributed by atoms with van der Waals surface area (Å²) in [7, 11) is 7.22. The van der Waals surface area contributed by atoms with E-state index in [-0.39, 0.29) is 23.7 Å². The lowest BCUT2D eigenvalue weighted by Gasteiger charge is -2.23. The van der Waals surface area contributed by atoms with Crippen LogP contribution in [-0.2, 0) is 28.5 Å². The molecule has 0 bridgehead atoms. The molecular weight excluding hydrogens is 813 g/mol. The highest BCUT2D eigenvalue weighted by atomic mass is 19.4. The van der Waals surface area contributed by atoms with Gasteiger partial charge in [-0.05, 0) is 112 Å². The number of hydrogen-bond donors (Lipinski definition) is 2. The summed E-state index contributed by atoms with van der Waals surface area (Å²) < 4.78 is 114. The fourth-order valence-electron chi connectivity index (χ4n) is 5.21. The van der Waals surface area contributed by atoms with Gasteiger partial charge in [0.25, 0.3) is 6.08 Å². The van der Waals surface area contributed by atoms with Gasteiger partial charge in [-0.2, -0.15) is 30.7 Å². The van der Waals surface area contributed by atoms with E-state index < -0.39 is 47.1 Å². The van der Waals surface area contributed by atoms with E-state index in [0.717, 1.165) is 23.8 Å². The average molecular weight is 865 g/mol. The first-order valence-electron chi connectivity index (χ1n) is 18.7. The number of ether oxygens (including phenoxy) is 4. The maximum Gasteiger partial charge on any atom is 0.458 e. The molecule has 4 aromatic carbocycles. The number of carbonyl (C=O) groups is 2. The maximum absolute atomic E-state index is 13.9. The van der Waals surface area contributed by atoms with Gasteiger partial charge >= 0.3 is 24.3 Å². The molecule has 10 nitrogen and oxygen atoms in total. The van der Waals surface area contributed by atoms with Gasteiger partial charge in [-0.25, -0.2) is 9.59 Å². The first-order chi connectivity index (χ1) is 28.1. The fourth-order valence-corrected chi connectivity index (χ4v) is 5.21. The zero-order valence-electron chi connectivity index (χ0n) is 35.6. The highest BCUT2D eigenvalue weighted by molar-refractivity contribution is 5.87. The van der Waals surface area contributed by atoms with Crippen LogP contribution in [-0.4, -0.2) is 67.6 Å². The van der Waals surface area contributed by atoms with Crippen molar-refractivity contribution in [2.75, 3.05) is 38.8 Å². The van der Waals surface area contributed by atoms with Gasteiger partial charge in [-0.3, -0.25) is 10.6 Å². The van der Waals surface area contributed by atoms with Crippen LogP contribution >= 0.6 is 0 Å². The van der Waals surface area contributed by atoms with E-state index in [1.54, 1.807) is 115 Å². The smallest absolute Gasteiger partial charge is 0.455 e. The van der Waals surface area contributed by atoms with Gasteiger partial charge in [0.1, 0.15) is 22.7 Å². The highest BCUT2D eigenvalue weighted by Crippen LogP contribution is 2.46. The number of anilines is 2. The van der Waals surface area contributed by atoms with Gasteiger partial charge in [-0.1, -0.05) is 48.5 Å². The van der Waals surface area contributed by atoms with Crippen LogP contribution in [0.3, 0.4) is 0 Å². The number of rotatable bonds is 12. The van der Waals surface area contributed by atoms with Crippen LogP contribution in [0.5, 0.6) is 23.0 Å². The third kappa shape index (κ3) is 16.3. The zero-order valence-corrected chi connectivity index (χ0v) is 35.6. The van der Waals surface area contributed by atoms with Crippen LogP contribution in [0.15, 0.2) is 91.0 Å². The molecule has 0 fully saturated rings. The Kier molecular flexibility index (Phi) is 16.8. The van der Waals surface area contributed by atoms with Crippen molar-refractivity contribution in [3.8, 4) is 23.0 Å². The standard InChI is InChI=1S/C22H25F5N2O3.C22H26F2N2O3/c1-20(2,3)32-19(30)28-16-8-6-7-9-17(16)31-18-12-15(21(23,24)22(25,26)27)11-10-14(18)13-29(4)5;1-22(2,3)29-21(27)25-17-8-6-7-9-18(17)28-19-12-15(13-20(23)24)10-11-16(19)14-26(4)5/h6-12H,13H2,1-5H3,(H,28,30);6-13H,14H2,1-5H3,(H,25,27). The highest BCUT2D eigenvalue weighted by Gasteiger charge is 2.58. The summed E-state index contributed by atoms with van der Waals surface area (Å²) in [6, 6.07) is 20.4. The number of benzene rings is 4. The van der Waals surface area contributed by atoms with Crippen LogP contribution in [0.2, 0.25) is 0 Å². The molecule has 2 N–H and O–H groups in total. The number of nitrogens with zero attached hydrogens (tertiary/aromatic N) is 2. The van der Waals surface area contributed by atoms with Gasteiger partial charge in [0, 0.05) is 35.9 Å². The molecule has 4 rings (SSSR count). The summed E-state index contributed by atoms with van der Waals surface area (Å²) in [5.41, 5.74) is -0.574. The predicted octanol–water partition coefficient (Wildman–Crippen LogP) is 12.7. The number of halogens is 7. The summed E-state index contributed by atoms with van der Waals surface area (Å²) >= 11 is 0. The number of para-hydroxylation sites is 4. The van der Waals surface area contributed by atoms with Crippen LogP contribution in [0.4, 0.5) is 51.7 Å². The Morgan fingerprint density at radius 3 is 1.39 bits per heavy atom. The number of hydrogen-bond acceptors (Lipinski definition) is 8. The number of alkyl halides is 5. The Morgan fingerprint density at radius 2 is 1.00 bits per heavy atom. The summed E-state index contributed by atoms with van der Waals surface area (Å²) in [6.07, 6.45) is -8.17. The molecule has 0 aliphatic heterocycles. The molecule has 2 amide bonds. The molecule has 4 aromatic rings. The fraction of sp³-hybridized carbons (Fsp3) is 0.364. The van der Waals surface area contributed by atoms with Crippen molar-refractivity contribution in [3.05, 3.63) is 113 Å². The maximum atomic E-state index is 13.9. The van der Waals surface area contributed by atoms with Crippen LogP contribution in [0.25, 0.3) is 6.08 Å². The Labute approximate surface area is 351 Å². The Hall–Kier alpha value is -5.81. The minimum atomic E-state index is -5.76. The molecular formula is C44H51F7N4O6. The van der Waals surface area contributed by atoms with Gasteiger partial charge in [-0.15, -0.1) is 0 Å². The first-order valence-corrected chi connectivity index (χ1v) is 18.7. The molecule has 0 saturated heterocycles. The average Bonchev–Trinajstić information content (AvgIpc) is 3.09. The molecule has 0 radical (unpaired) electrons. The van der Waals surface area contributed by atoms with E-state index >= 15 is 0 Å². The SMILES string of the molecule is CN(C)Cc1ccc(C(F)(F)C(F)(F)F)cc1Oc1ccccc1NC(=O)OC(C)(C)C.CN(C)Cc1ccc(C=C(F)F)cc1Oc1ccccc1NC(=O)OC(C)(C)C. The summed E-state index contributed by atoms with van der Waals surface area (Å²) in [6.45, 7) is 11.1. The molecule has 0 unspecified atom stereocenters. The second-order valence-corrected chi connectivity index (χ2v) is 16.1. The molecule has 61 heavy (non-hydrogen) atoms. The van der Waals surface area contributed by atoms with Crippen LogP contribution in [0.1, 0.15) is 63.8 Å². The molecule has 0 aromatic heterocycles. The van der Waals surface area contributed by atoms with E-state index in [1.165, 1.54) is 12.1 Å². The molecule has 17 heteroatoms. The van der Waals surface area contributed by atoms with Crippen molar-refractivity contribution in [1.82, 2.24) is 9.80 Å². The molecule has 0 atom stereocenters. The summed E-state index contributed by atoms with van der Waals surface area (Å²) in [4.78, 5) is 27.9. The molecule has 0 heterocycles. The molecule has 0 aliphatic carbocycles. The Balaban J connectivity index is 0.000000327. The second kappa shape index (κ2) is 20.6. The van der Waals surface area contributed by atoms with E-state index in [0.29, 0.717) is 40.9 Å². The number of amides is 2.